The topological polar surface area (TPSA) is 54.9 Å². The van der Waals surface area contributed by atoms with Crippen molar-refractivity contribution in [2.24, 2.45) is 0 Å². The number of nitrogens with one attached hydrogen (secondary N) is 1. The zero-order chi connectivity index (χ0) is 16.1. The number of pyridine rings is 1. The van der Waals surface area contributed by atoms with Crippen LogP contribution in [0.4, 0.5) is 5.13 Å². The quantitative estimate of drug-likeness (QED) is 0.745. The number of rotatable bonds is 5. The van der Waals surface area contributed by atoms with E-state index in [0.717, 1.165) is 17.0 Å². The Labute approximate surface area is 143 Å². The van der Waals surface area contributed by atoms with Gasteiger partial charge < -0.3 is 5.32 Å². The summed E-state index contributed by atoms with van der Waals surface area (Å²) in [7, 11) is 0. The molecule has 23 heavy (non-hydrogen) atoms. The first-order chi connectivity index (χ1) is 11.2. The third-order valence-electron chi connectivity index (χ3n) is 3.23. The molecular weight excluding hydrogens is 330 g/mol. The number of halogens is 1. The van der Waals surface area contributed by atoms with E-state index in [2.05, 4.69) is 15.3 Å². The molecule has 1 N–H and O–H groups in total. The first-order valence-electron chi connectivity index (χ1n) is 7.12. The number of amides is 1. The summed E-state index contributed by atoms with van der Waals surface area (Å²) in [4.78, 5) is 20.7. The molecule has 0 atom stereocenters. The van der Waals surface area contributed by atoms with E-state index in [0.29, 0.717) is 23.0 Å². The van der Waals surface area contributed by atoms with Gasteiger partial charge in [0.1, 0.15) is 5.69 Å². The van der Waals surface area contributed by atoms with Gasteiger partial charge in [-0.15, -0.1) is 11.3 Å². The van der Waals surface area contributed by atoms with Crippen LogP contribution < -0.4 is 5.32 Å². The van der Waals surface area contributed by atoms with Crippen molar-refractivity contribution in [1.82, 2.24) is 9.97 Å². The zero-order valence-corrected chi connectivity index (χ0v) is 13.8. The lowest BCUT2D eigenvalue weighted by atomic mass is 10.1. The van der Waals surface area contributed by atoms with Gasteiger partial charge in [-0.25, -0.2) is 4.98 Å². The number of thiazole rings is 1. The Hall–Kier alpha value is -2.24. The van der Waals surface area contributed by atoms with Gasteiger partial charge in [0, 0.05) is 23.0 Å². The van der Waals surface area contributed by atoms with Gasteiger partial charge in [-0.1, -0.05) is 29.8 Å². The Kier molecular flexibility index (Phi) is 5.00. The molecule has 6 heteroatoms. The number of carbonyl (C=O) groups excluding carboxylic acids is 1. The number of anilines is 1. The van der Waals surface area contributed by atoms with Crippen molar-refractivity contribution >= 4 is 34.0 Å². The highest BCUT2D eigenvalue weighted by Crippen LogP contribution is 2.23. The van der Waals surface area contributed by atoms with Gasteiger partial charge >= 0.3 is 0 Å². The van der Waals surface area contributed by atoms with E-state index in [1.165, 1.54) is 11.3 Å². The predicted octanol–water partition coefficient (Wildman–Crippen LogP) is 4.43. The molecule has 1 amide bonds. The van der Waals surface area contributed by atoms with Gasteiger partial charge in [-0.3, -0.25) is 9.78 Å². The van der Waals surface area contributed by atoms with Crippen LogP contribution in [0.5, 0.6) is 0 Å². The van der Waals surface area contributed by atoms with Crippen molar-refractivity contribution in [3.8, 4) is 11.4 Å². The van der Waals surface area contributed by atoms with Crippen LogP contribution >= 0.6 is 22.9 Å². The van der Waals surface area contributed by atoms with Crippen LogP contribution in [0.25, 0.3) is 11.4 Å². The first-order valence-corrected chi connectivity index (χ1v) is 8.38. The second kappa shape index (κ2) is 7.35. The predicted molar refractivity (Wildman–Crippen MR) is 93.7 cm³/mol. The maximum Gasteiger partial charge on any atom is 0.226 e. The molecule has 2 heterocycles. The molecule has 0 radical (unpaired) electrons. The molecule has 0 aliphatic rings. The van der Waals surface area contributed by atoms with Crippen LogP contribution in [0.15, 0.2) is 54.0 Å². The normalized spacial score (nSPS) is 10.5. The molecule has 3 aromatic rings. The smallest absolute Gasteiger partial charge is 0.226 e. The highest BCUT2D eigenvalue weighted by Gasteiger charge is 2.08. The molecule has 0 aliphatic heterocycles. The average Bonchev–Trinajstić information content (AvgIpc) is 3.04. The van der Waals surface area contributed by atoms with Crippen LogP contribution in [-0.2, 0) is 11.2 Å². The minimum Gasteiger partial charge on any atom is -0.302 e. The van der Waals surface area contributed by atoms with Crippen LogP contribution in [-0.4, -0.2) is 15.9 Å². The monoisotopic (exact) mass is 343 g/mol. The van der Waals surface area contributed by atoms with E-state index in [4.69, 9.17) is 11.6 Å². The van der Waals surface area contributed by atoms with Crippen molar-refractivity contribution in [2.75, 3.05) is 5.32 Å². The lowest BCUT2D eigenvalue weighted by molar-refractivity contribution is -0.116. The second-order valence-electron chi connectivity index (χ2n) is 4.93. The summed E-state index contributed by atoms with van der Waals surface area (Å²) in [5.74, 6) is -0.0538. The van der Waals surface area contributed by atoms with Gasteiger partial charge in [0.15, 0.2) is 5.13 Å². The van der Waals surface area contributed by atoms with Gasteiger partial charge in [0.2, 0.25) is 5.91 Å². The average molecular weight is 344 g/mol. The molecule has 0 saturated heterocycles. The summed E-state index contributed by atoms with van der Waals surface area (Å²) in [6.45, 7) is 0. The van der Waals surface area contributed by atoms with Crippen LogP contribution in [0, 0.1) is 0 Å². The molecule has 4 nitrogen and oxygen atoms in total. The van der Waals surface area contributed by atoms with E-state index < -0.39 is 0 Å². The van der Waals surface area contributed by atoms with E-state index in [1.807, 2.05) is 47.8 Å². The van der Waals surface area contributed by atoms with E-state index in [-0.39, 0.29) is 5.91 Å². The molecule has 116 valence electrons. The molecule has 0 aliphatic carbocycles. The molecular formula is C17H14ClN3OS. The van der Waals surface area contributed by atoms with Crippen molar-refractivity contribution in [2.45, 2.75) is 12.8 Å². The van der Waals surface area contributed by atoms with E-state index in [1.54, 1.807) is 6.20 Å². The van der Waals surface area contributed by atoms with E-state index in [9.17, 15) is 4.79 Å². The van der Waals surface area contributed by atoms with Gasteiger partial charge in [-0.05, 0) is 36.2 Å². The fourth-order valence-electron chi connectivity index (χ4n) is 2.05. The SMILES string of the molecule is O=C(CCc1ccc(Cl)cc1)Nc1nc(-c2ccccn2)cs1. The van der Waals surface area contributed by atoms with E-state index >= 15 is 0 Å². The van der Waals surface area contributed by atoms with Crippen molar-refractivity contribution in [3.05, 3.63) is 64.6 Å². The van der Waals surface area contributed by atoms with Gasteiger partial charge in [0.05, 0.1) is 5.69 Å². The first kappa shape index (κ1) is 15.6. The molecule has 0 saturated carbocycles. The summed E-state index contributed by atoms with van der Waals surface area (Å²) in [6.07, 6.45) is 2.79. The van der Waals surface area contributed by atoms with Crippen LogP contribution in [0.2, 0.25) is 5.02 Å². The molecule has 0 fully saturated rings. The van der Waals surface area contributed by atoms with Crippen LogP contribution in [0.3, 0.4) is 0 Å². The largest absolute Gasteiger partial charge is 0.302 e. The number of aromatic nitrogens is 2. The van der Waals surface area contributed by atoms with Crippen molar-refractivity contribution in [1.29, 1.82) is 0 Å². The summed E-state index contributed by atoms with van der Waals surface area (Å²) in [5, 5.41) is 6.00. The minimum atomic E-state index is -0.0538. The lowest BCUT2D eigenvalue weighted by Crippen LogP contribution is -2.12. The third kappa shape index (κ3) is 4.37. The van der Waals surface area contributed by atoms with Crippen LogP contribution in [0.1, 0.15) is 12.0 Å². The Morgan fingerprint density at radius 1 is 1.13 bits per heavy atom. The minimum absolute atomic E-state index is 0.0538. The number of hydrogen-bond acceptors (Lipinski definition) is 4. The van der Waals surface area contributed by atoms with Gasteiger partial charge in [0.25, 0.3) is 0 Å². The molecule has 2 aromatic heterocycles. The highest BCUT2D eigenvalue weighted by molar-refractivity contribution is 7.14. The Morgan fingerprint density at radius 3 is 2.70 bits per heavy atom. The molecule has 0 bridgehead atoms. The zero-order valence-electron chi connectivity index (χ0n) is 12.2. The Morgan fingerprint density at radius 2 is 1.96 bits per heavy atom. The Balaban J connectivity index is 1.56. The number of hydrogen-bond donors (Lipinski definition) is 1. The number of benzene rings is 1. The molecule has 0 unspecified atom stereocenters. The maximum atomic E-state index is 12.0. The standard InChI is InChI=1S/C17H14ClN3OS/c18-13-7-4-12(5-8-13)6-9-16(22)21-17-20-15(11-23-17)14-3-1-2-10-19-14/h1-5,7-8,10-11H,6,9H2,(H,20,21,22). The highest BCUT2D eigenvalue weighted by atomic mass is 35.5. The van der Waals surface area contributed by atoms with Crippen molar-refractivity contribution in [3.63, 3.8) is 0 Å². The summed E-state index contributed by atoms with van der Waals surface area (Å²) in [5.41, 5.74) is 2.65. The lowest BCUT2D eigenvalue weighted by Gasteiger charge is -2.02. The fraction of sp³-hybridized carbons (Fsp3) is 0.118. The maximum absolute atomic E-state index is 12.0. The summed E-state index contributed by atoms with van der Waals surface area (Å²) in [6, 6.07) is 13.2. The molecule has 1 aromatic carbocycles. The second-order valence-corrected chi connectivity index (χ2v) is 6.22. The third-order valence-corrected chi connectivity index (χ3v) is 4.24. The summed E-state index contributed by atoms with van der Waals surface area (Å²) >= 11 is 7.24. The molecule has 0 spiro atoms. The Bertz CT molecular complexity index is 787. The summed E-state index contributed by atoms with van der Waals surface area (Å²) < 4.78 is 0. The molecule has 3 rings (SSSR count). The van der Waals surface area contributed by atoms with Gasteiger partial charge in [-0.2, -0.15) is 0 Å². The number of aryl methyl sites for hydroxylation is 1. The number of carbonyl (C=O) groups is 1. The number of nitrogens with zero attached hydrogens (tertiary/aromatic N) is 2. The van der Waals surface area contributed by atoms with Crippen molar-refractivity contribution < 1.29 is 4.79 Å². The fourth-order valence-corrected chi connectivity index (χ4v) is 2.90.